The Hall–Kier alpha value is -3.03. The monoisotopic (exact) mass is 464 g/mol. The summed E-state index contributed by atoms with van der Waals surface area (Å²) in [5.74, 6) is 3.49. The summed E-state index contributed by atoms with van der Waals surface area (Å²) in [6.07, 6.45) is 6.24. The van der Waals surface area contributed by atoms with Gasteiger partial charge in [0.15, 0.2) is 6.04 Å². The van der Waals surface area contributed by atoms with Gasteiger partial charge in [-0.05, 0) is 43.3 Å². The minimum absolute atomic E-state index is 0.179. The highest BCUT2D eigenvalue weighted by molar-refractivity contribution is 6.30. The first-order valence-corrected chi connectivity index (χ1v) is 11.6. The fraction of sp³-hybridized carbons (Fsp3) is 0.360. The zero-order chi connectivity index (χ0) is 22.9. The maximum atomic E-state index is 12.7. The summed E-state index contributed by atoms with van der Waals surface area (Å²) < 4.78 is 7.28. The maximum absolute atomic E-state index is 12.7. The molecule has 2 aliphatic rings. The topological polar surface area (TPSA) is 72.3 Å². The summed E-state index contributed by atoms with van der Waals surface area (Å²) in [5.41, 5.74) is 1.28. The van der Waals surface area contributed by atoms with Crippen LogP contribution in [0.3, 0.4) is 0 Å². The van der Waals surface area contributed by atoms with Crippen LogP contribution in [0.2, 0.25) is 5.02 Å². The third-order valence-electron chi connectivity index (χ3n) is 6.50. The van der Waals surface area contributed by atoms with Crippen LogP contribution < -0.4 is 20.5 Å². The molecule has 0 aliphatic carbocycles. The molecule has 2 fully saturated rings. The normalized spacial score (nSPS) is 21.8. The number of fused-ring (bicyclic) bond motifs is 1. The van der Waals surface area contributed by atoms with Crippen molar-refractivity contribution in [3.05, 3.63) is 82.0 Å². The van der Waals surface area contributed by atoms with E-state index in [4.69, 9.17) is 21.3 Å². The van der Waals surface area contributed by atoms with Gasteiger partial charge < -0.3 is 15.0 Å². The van der Waals surface area contributed by atoms with Crippen LogP contribution in [0.15, 0.2) is 59.8 Å². The van der Waals surface area contributed by atoms with E-state index in [1.807, 2.05) is 12.1 Å². The van der Waals surface area contributed by atoms with Crippen LogP contribution in [0.25, 0.3) is 5.69 Å². The molecule has 5 rings (SSSR count). The van der Waals surface area contributed by atoms with Crippen LogP contribution >= 0.6 is 11.6 Å². The van der Waals surface area contributed by atoms with Crippen molar-refractivity contribution in [2.75, 3.05) is 18.0 Å². The van der Waals surface area contributed by atoms with E-state index in [1.165, 1.54) is 18.4 Å². The van der Waals surface area contributed by atoms with Crippen molar-refractivity contribution in [2.45, 2.75) is 39.0 Å². The Morgan fingerprint density at radius 3 is 2.76 bits per heavy atom. The Morgan fingerprint density at radius 2 is 2.06 bits per heavy atom. The quantitative estimate of drug-likeness (QED) is 0.561. The van der Waals surface area contributed by atoms with Gasteiger partial charge in [0, 0.05) is 37.0 Å². The second-order valence-electron chi connectivity index (χ2n) is 8.89. The zero-order valence-corrected chi connectivity index (χ0v) is 19.5. The van der Waals surface area contributed by atoms with E-state index in [9.17, 15) is 4.79 Å². The molecule has 3 unspecified atom stereocenters. The first-order chi connectivity index (χ1) is 16.0. The lowest BCUT2D eigenvalue weighted by molar-refractivity contribution is 0.300. The van der Waals surface area contributed by atoms with Crippen molar-refractivity contribution < 1.29 is 4.74 Å². The minimum Gasteiger partial charge on any atom is -0.487 e. The summed E-state index contributed by atoms with van der Waals surface area (Å²) in [7, 11) is 0. The molecule has 0 bridgehead atoms. The second kappa shape index (κ2) is 9.08. The molecular formula is C25H27ClN5O2+. The van der Waals surface area contributed by atoms with E-state index in [0.29, 0.717) is 28.8 Å². The average molecular weight is 465 g/mol. The van der Waals surface area contributed by atoms with Gasteiger partial charge in [-0.3, -0.25) is 14.3 Å². The fourth-order valence-corrected chi connectivity index (χ4v) is 5.11. The Morgan fingerprint density at radius 1 is 1.18 bits per heavy atom. The summed E-state index contributed by atoms with van der Waals surface area (Å²) >= 11 is 5.86. The molecule has 3 aromatic heterocycles. The average Bonchev–Trinajstić information content (AvgIpc) is 3.40. The summed E-state index contributed by atoms with van der Waals surface area (Å²) in [4.78, 5) is 24.0. The molecule has 0 amide bonds. The molecule has 1 N–H and O–H groups in total. The minimum atomic E-state index is -0.179. The summed E-state index contributed by atoms with van der Waals surface area (Å²) in [6.45, 7) is 6.73. The lowest BCUT2D eigenvalue weighted by Crippen LogP contribution is -2.37. The van der Waals surface area contributed by atoms with Crippen LogP contribution in [0.4, 0.5) is 5.82 Å². The van der Waals surface area contributed by atoms with Crippen molar-refractivity contribution >= 4 is 17.4 Å². The van der Waals surface area contributed by atoms with Crippen LogP contribution in [-0.2, 0) is 6.61 Å². The Kier molecular flexibility index (Phi) is 6.00. The van der Waals surface area contributed by atoms with Gasteiger partial charge in [-0.1, -0.05) is 11.6 Å². The molecule has 170 valence electrons. The number of rotatable bonds is 6. The lowest BCUT2D eigenvalue weighted by Gasteiger charge is -2.25. The molecule has 33 heavy (non-hydrogen) atoms. The SMILES string of the molecule is C[C+](C)C1C2CCNC2CN1c1ccc(-n2ccc(OCc3ccc(Cl)cn3)cc2=O)cn1. The van der Waals surface area contributed by atoms with Gasteiger partial charge in [0.05, 0.1) is 36.4 Å². The van der Waals surface area contributed by atoms with Gasteiger partial charge in [-0.2, -0.15) is 0 Å². The number of halogens is 1. The number of nitrogens with zero attached hydrogens (tertiary/aromatic N) is 4. The van der Waals surface area contributed by atoms with Crippen molar-refractivity contribution in [1.82, 2.24) is 19.9 Å². The lowest BCUT2D eigenvalue weighted by atomic mass is 9.89. The van der Waals surface area contributed by atoms with Crippen LogP contribution in [0.5, 0.6) is 5.75 Å². The summed E-state index contributed by atoms with van der Waals surface area (Å²) in [6, 6.07) is 11.7. The number of ether oxygens (including phenoxy) is 1. The Labute approximate surface area is 198 Å². The highest BCUT2D eigenvalue weighted by Crippen LogP contribution is 2.38. The number of hydrogen-bond acceptors (Lipinski definition) is 6. The molecular weight excluding hydrogens is 438 g/mol. The van der Waals surface area contributed by atoms with E-state index >= 15 is 0 Å². The number of aromatic nitrogens is 3. The third-order valence-corrected chi connectivity index (χ3v) is 6.72. The van der Waals surface area contributed by atoms with Crippen molar-refractivity contribution in [1.29, 1.82) is 0 Å². The molecule has 3 atom stereocenters. The predicted molar refractivity (Wildman–Crippen MR) is 129 cm³/mol. The zero-order valence-electron chi connectivity index (χ0n) is 18.7. The fourth-order valence-electron chi connectivity index (χ4n) is 5.00. The highest BCUT2D eigenvalue weighted by Gasteiger charge is 2.51. The van der Waals surface area contributed by atoms with E-state index in [-0.39, 0.29) is 12.2 Å². The molecule has 0 saturated carbocycles. The van der Waals surface area contributed by atoms with E-state index in [2.05, 4.69) is 29.0 Å². The predicted octanol–water partition coefficient (Wildman–Crippen LogP) is 3.64. The van der Waals surface area contributed by atoms with Gasteiger partial charge in [-0.25, -0.2) is 4.98 Å². The Balaban J connectivity index is 1.30. The van der Waals surface area contributed by atoms with Gasteiger partial charge in [0.25, 0.3) is 5.56 Å². The van der Waals surface area contributed by atoms with Gasteiger partial charge in [0.1, 0.15) is 24.1 Å². The molecule has 2 saturated heterocycles. The Bertz CT molecular complexity index is 1160. The molecule has 0 aromatic carbocycles. The van der Waals surface area contributed by atoms with E-state index in [1.54, 1.807) is 41.4 Å². The third kappa shape index (κ3) is 4.43. The first kappa shape index (κ1) is 21.8. The van der Waals surface area contributed by atoms with Crippen molar-refractivity contribution in [3.63, 3.8) is 0 Å². The van der Waals surface area contributed by atoms with Gasteiger partial charge >= 0.3 is 0 Å². The standard InChI is InChI=1S/C25H27ClN5O2/c1-16(2)25-21-7-9-27-22(21)14-31(25)23-6-5-19(13-29-23)30-10-8-20(11-24(30)32)33-15-18-4-3-17(26)12-28-18/h3-6,8,10-13,21-22,25,27H,7,9,14-15H2,1-2H3/q+1. The van der Waals surface area contributed by atoms with Crippen LogP contribution in [0, 0.1) is 11.8 Å². The number of anilines is 1. The van der Waals surface area contributed by atoms with Crippen molar-refractivity contribution in [3.8, 4) is 11.4 Å². The molecule has 5 heterocycles. The highest BCUT2D eigenvalue weighted by atomic mass is 35.5. The molecule has 0 spiro atoms. The largest absolute Gasteiger partial charge is 0.487 e. The van der Waals surface area contributed by atoms with E-state index < -0.39 is 0 Å². The number of hydrogen-bond donors (Lipinski definition) is 1. The molecule has 8 heteroatoms. The van der Waals surface area contributed by atoms with Gasteiger partial charge in [0.2, 0.25) is 0 Å². The molecule has 2 aliphatic heterocycles. The maximum Gasteiger partial charge on any atom is 0.258 e. The second-order valence-corrected chi connectivity index (χ2v) is 9.33. The number of nitrogens with one attached hydrogen (secondary N) is 1. The summed E-state index contributed by atoms with van der Waals surface area (Å²) in [5, 5.41) is 4.20. The molecule has 3 aromatic rings. The van der Waals surface area contributed by atoms with Crippen LogP contribution in [0.1, 0.15) is 26.0 Å². The van der Waals surface area contributed by atoms with Gasteiger partial charge in [-0.15, -0.1) is 0 Å². The van der Waals surface area contributed by atoms with Crippen molar-refractivity contribution in [2.24, 2.45) is 5.92 Å². The van der Waals surface area contributed by atoms with Crippen LogP contribution in [-0.4, -0.2) is 39.7 Å². The first-order valence-electron chi connectivity index (χ1n) is 11.2. The molecule has 0 radical (unpaired) electrons. The molecule has 7 nitrogen and oxygen atoms in total. The number of pyridine rings is 3. The van der Waals surface area contributed by atoms with E-state index in [0.717, 1.165) is 30.3 Å². The smallest absolute Gasteiger partial charge is 0.258 e.